The zero-order valence-corrected chi connectivity index (χ0v) is 12.0. The number of allylic oxidation sites excluding steroid dienone is 1. The van der Waals surface area contributed by atoms with Crippen LogP contribution in [0.4, 0.5) is 0 Å². The Bertz CT molecular complexity index is 606. The maximum Gasteiger partial charge on any atom is 0.137 e. The highest BCUT2D eigenvalue weighted by molar-refractivity contribution is 5.39. The molecule has 0 saturated carbocycles. The topological polar surface area (TPSA) is 20.5 Å². The summed E-state index contributed by atoms with van der Waals surface area (Å²) in [4.78, 5) is 7.44. The lowest BCUT2D eigenvalue weighted by atomic mass is 9.96. The quantitative estimate of drug-likeness (QED) is 0.777. The van der Waals surface area contributed by atoms with Gasteiger partial charge in [-0.1, -0.05) is 17.7 Å². The van der Waals surface area contributed by atoms with Crippen molar-refractivity contribution in [2.75, 3.05) is 0 Å². The van der Waals surface area contributed by atoms with E-state index in [0.717, 1.165) is 24.3 Å². The Morgan fingerprint density at radius 1 is 1.25 bits per heavy atom. The molecular weight excluding hydrogens is 246 g/mol. The Labute approximate surface area is 119 Å². The van der Waals surface area contributed by atoms with Crippen LogP contribution in [0.1, 0.15) is 38.3 Å². The maximum absolute atomic E-state index is 4.75. The molecule has 0 aromatic carbocycles. The van der Waals surface area contributed by atoms with E-state index in [1.807, 2.05) is 0 Å². The van der Waals surface area contributed by atoms with E-state index in [2.05, 4.69) is 52.9 Å². The van der Waals surface area contributed by atoms with Gasteiger partial charge in [-0.3, -0.25) is 4.90 Å². The summed E-state index contributed by atoms with van der Waals surface area (Å²) in [5, 5.41) is 0. The molecule has 2 fully saturated rings. The molecular formula is C17H21N3. The summed E-state index contributed by atoms with van der Waals surface area (Å²) >= 11 is 0. The van der Waals surface area contributed by atoms with Crippen LogP contribution in [0.15, 0.2) is 42.2 Å². The van der Waals surface area contributed by atoms with Crippen molar-refractivity contribution in [3.8, 4) is 0 Å². The Balaban J connectivity index is 1.57. The first-order valence-corrected chi connectivity index (χ1v) is 7.66. The number of pyridine rings is 1. The lowest BCUT2D eigenvalue weighted by molar-refractivity contribution is 0.155. The fraction of sp³-hybridized carbons (Fsp3) is 0.471. The van der Waals surface area contributed by atoms with E-state index < -0.39 is 0 Å². The largest absolute Gasteiger partial charge is 0.307 e. The Hall–Kier alpha value is -1.61. The van der Waals surface area contributed by atoms with E-state index in [4.69, 9.17) is 4.98 Å². The van der Waals surface area contributed by atoms with Crippen LogP contribution in [-0.4, -0.2) is 26.4 Å². The van der Waals surface area contributed by atoms with Gasteiger partial charge in [0.05, 0.1) is 5.69 Å². The standard InChI is InChI=1S/C17H21N3/c1-2-13-9-15-6-7-16(10-13)20(15)12-14-11-19-8-4-3-5-17(19)18-14/h2-5,8,11,15-16H,6-7,9-10,12H2,1H3. The molecule has 4 rings (SSSR count). The van der Waals surface area contributed by atoms with Crippen molar-refractivity contribution in [3.05, 3.63) is 47.9 Å². The van der Waals surface area contributed by atoms with Gasteiger partial charge >= 0.3 is 0 Å². The predicted molar refractivity (Wildman–Crippen MR) is 80.5 cm³/mol. The first-order chi connectivity index (χ1) is 9.83. The second-order valence-corrected chi connectivity index (χ2v) is 6.11. The molecule has 2 aliphatic heterocycles. The monoisotopic (exact) mass is 267 g/mol. The molecule has 104 valence electrons. The van der Waals surface area contributed by atoms with Gasteiger partial charge in [0.25, 0.3) is 0 Å². The molecule has 3 heteroatoms. The second-order valence-electron chi connectivity index (χ2n) is 6.11. The third-order valence-electron chi connectivity index (χ3n) is 4.93. The van der Waals surface area contributed by atoms with Gasteiger partial charge in [0.1, 0.15) is 5.65 Å². The highest BCUT2D eigenvalue weighted by Crippen LogP contribution is 2.39. The summed E-state index contributed by atoms with van der Waals surface area (Å²) in [5.41, 5.74) is 3.92. The van der Waals surface area contributed by atoms with E-state index >= 15 is 0 Å². The van der Waals surface area contributed by atoms with Crippen molar-refractivity contribution in [2.45, 2.75) is 51.2 Å². The number of hydrogen-bond donors (Lipinski definition) is 0. The molecule has 2 saturated heterocycles. The number of fused-ring (bicyclic) bond motifs is 3. The van der Waals surface area contributed by atoms with Crippen LogP contribution < -0.4 is 0 Å². The summed E-state index contributed by atoms with van der Waals surface area (Å²) in [6.07, 6.45) is 11.8. The van der Waals surface area contributed by atoms with Crippen molar-refractivity contribution < 1.29 is 0 Å². The number of aromatic nitrogens is 2. The summed E-state index contributed by atoms with van der Waals surface area (Å²) in [5.74, 6) is 0. The molecule has 2 aliphatic rings. The van der Waals surface area contributed by atoms with Crippen molar-refractivity contribution in [2.24, 2.45) is 0 Å². The minimum absolute atomic E-state index is 0.741. The molecule has 0 aliphatic carbocycles. The fourth-order valence-electron chi connectivity index (χ4n) is 3.89. The van der Waals surface area contributed by atoms with E-state index in [1.165, 1.54) is 31.4 Å². The summed E-state index contributed by atoms with van der Waals surface area (Å²) in [6.45, 7) is 3.19. The van der Waals surface area contributed by atoms with Crippen LogP contribution in [-0.2, 0) is 6.54 Å². The molecule has 0 N–H and O–H groups in total. The number of rotatable bonds is 2. The van der Waals surface area contributed by atoms with Crippen LogP contribution in [0.25, 0.3) is 5.65 Å². The van der Waals surface area contributed by atoms with Crippen molar-refractivity contribution in [1.82, 2.24) is 14.3 Å². The lowest BCUT2D eigenvalue weighted by Gasteiger charge is -2.35. The van der Waals surface area contributed by atoms with Gasteiger partial charge < -0.3 is 4.40 Å². The smallest absolute Gasteiger partial charge is 0.137 e. The zero-order valence-electron chi connectivity index (χ0n) is 12.0. The number of hydrogen-bond acceptors (Lipinski definition) is 2. The average Bonchev–Trinajstić information content (AvgIpc) is 2.96. The molecule has 0 radical (unpaired) electrons. The average molecular weight is 267 g/mol. The molecule has 2 aromatic rings. The van der Waals surface area contributed by atoms with Crippen molar-refractivity contribution in [1.29, 1.82) is 0 Å². The van der Waals surface area contributed by atoms with Gasteiger partial charge in [0.2, 0.25) is 0 Å². The van der Waals surface area contributed by atoms with Gasteiger partial charge in [-0.05, 0) is 44.7 Å². The van der Waals surface area contributed by atoms with Crippen LogP contribution in [0.3, 0.4) is 0 Å². The highest BCUT2D eigenvalue weighted by Gasteiger charge is 2.38. The molecule has 4 heterocycles. The Morgan fingerprint density at radius 2 is 2.05 bits per heavy atom. The molecule has 20 heavy (non-hydrogen) atoms. The first-order valence-electron chi connectivity index (χ1n) is 7.66. The summed E-state index contributed by atoms with van der Waals surface area (Å²) in [6, 6.07) is 7.66. The minimum Gasteiger partial charge on any atom is -0.307 e. The van der Waals surface area contributed by atoms with Gasteiger partial charge in [-0.15, -0.1) is 0 Å². The molecule has 2 bridgehead atoms. The van der Waals surface area contributed by atoms with Crippen LogP contribution >= 0.6 is 0 Å². The molecule has 2 aromatic heterocycles. The van der Waals surface area contributed by atoms with Gasteiger partial charge in [-0.25, -0.2) is 4.98 Å². The first kappa shape index (κ1) is 12.2. The molecule has 0 spiro atoms. The van der Waals surface area contributed by atoms with Crippen LogP contribution in [0.5, 0.6) is 0 Å². The normalized spacial score (nSPS) is 26.4. The van der Waals surface area contributed by atoms with E-state index in [-0.39, 0.29) is 0 Å². The molecule has 3 nitrogen and oxygen atoms in total. The van der Waals surface area contributed by atoms with E-state index in [0.29, 0.717) is 0 Å². The number of imidazole rings is 1. The zero-order chi connectivity index (χ0) is 13.5. The summed E-state index contributed by atoms with van der Waals surface area (Å²) < 4.78 is 2.12. The minimum atomic E-state index is 0.741. The predicted octanol–water partition coefficient (Wildman–Crippen LogP) is 3.41. The van der Waals surface area contributed by atoms with Gasteiger partial charge in [0.15, 0.2) is 0 Å². The SMILES string of the molecule is CC=C1CC2CCC(C1)N2Cc1cn2ccccc2n1. The maximum atomic E-state index is 4.75. The number of piperidine rings is 1. The molecule has 0 amide bonds. The summed E-state index contributed by atoms with van der Waals surface area (Å²) in [7, 11) is 0. The van der Waals surface area contributed by atoms with Gasteiger partial charge in [0, 0.05) is 31.0 Å². The van der Waals surface area contributed by atoms with Crippen molar-refractivity contribution >= 4 is 5.65 Å². The lowest BCUT2D eigenvalue weighted by Crippen LogP contribution is -2.39. The third kappa shape index (κ3) is 1.97. The van der Waals surface area contributed by atoms with E-state index in [9.17, 15) is 0 Å². The number of nitrogens with zero attached hydrogens (tertiary/aromatic N) is 3. The Kier molecular flexibility index (Phi) is 2.88. The van der Waals surface area contributed by atoms with Gasteiger partial charge in [-0.2, -0.15) is 0 Å². The Morgan fingerprint density at radius 3 is 2.75 bits per heavy atom. The third-order valence-corrected chi connectivity index (χ3v) is 4.93. The fourth-order valence-corrected chi connectivity index (χ4v) is 3.89. The van der Waals surface area contributed by atoms with Crippen LogP contribution in [0.2, 0.25) is 0 Å². The second kappa shape index (κ2) is 4.74. The van der Waals surface area contributed by atoms with Crippen molar-refractivity contribution in [3.63, 3.8) is 0 Å². The highest BCUT2D eigenvalue weighted by atomic mass is 15.2. The van der Waals surface area contributed by atoms with Crippen LogP contribution in [0, 0.1) is 0 Å². The van der Waals surface area contributed by atoms with E-state index in [1.54, 1.807) is 5.57 Å². The molecule has 2 atom stereocenters. The molecule has 2 unspecified atom stereocenters.